The number of nitrogens with one attached hydrogen (secondary N) is 1. The Labute approximate surface area is 215 Å². The van der Waals surface area contributed by atoms with E-state index in [0.29, 0.717) is 24.4 Å². The summed E-state index contributed by atoms with van der Waals surface area (Å²) in [6.07, 6.45) is 4.77. The molecule has 3 heterocycles. The monoisotopic (exact) mass is 526 g/mol. The van der Waals surface area contributed by atoms with Crippen LogP contribution < -0.4 is 4.72 Å². The number of hydrogen-bond donors (Lipinski definition) is 1. The van der Waals surface area contributed by atoms with Gasteiger partial charge >= 0.3 is 6.09 Å². The molecule has 10 heteroatoms. The zero-order chi connectivity index (χ0) is 25.7. The highest BCUT2D eigenvalue weighted by Crippen LogP contribution is 2.36. The second-order valence-electron chi connectivity index (χ2n) is 9.03. The summed E-state index contributed by atoms with van der Waals surface area (Å²) >= 11 is 1.19. The molecule has 1 N–H and O–H groups in total. The summed E-state index contributed by atoms with van der Waals surface area (Å²) in [5.74, 6) is 0.354. The van der Waals surface area contributed by atoms with Crippen LogP contribution >= 0.6 is 11.3 Å². The predicted octanol–water partition coefficient (Wildman–Crippen LogP) is 5.62. The SMILES string of the molecule is CCCCOC(=O)NS(=O)(=O)c1sc(CC(C)C)cc1-c1cccc(Cn2cnc3cccnc32)c1. The van der Waals surface area contributed by atoms with Crippen LogP contribution in [-0.4, -0.2) is 35.7 Å². The lowest BCUT2D eigenvalue weighted by Crippen LogP contribution is -2.31. The van der Waals surface area contributed by atoms with Gasteiger partial charge in [-0.25, -0.2) is 27.9 Å². The van der Waals surface area contributed by atoms with E-state index >= 15 is 0 Å². The number of benzene rings is 1. The summed E-state index contributed by atoms with van der Waals surface area (Å²) in [7, 11) is -4.11. The predicted molar refractivity (Wildman–Crippen MR) is 142 cm³/mol. The van der Waals surface area contributed by atoms with Gasteiger partial charge in [-0.3, -0.25) is 0 Å². The Bertz CT molecular complexity index is 1460. The van der Waals surface area contributed by atoms with Gasteiger partial charge < -0.3 is 9.30 Å². The smallest absolute Gasteiger partial charge is 0.421 e. The van der Waals surface area contributed by atoms with Gasteiger partial charge in [-0.15, -0.1) is 11.3 Å². The number of carbonyl (C=O) groups is 1. The van der Waals surface area contributed by atoms with Gasteiger partial charge in [-0.1, -0.05) is 45.4 Å². The standard InChI is InChI=1S/C26H30N4O4S2/c1-4-5-12-34-26(31)29-36(32,33)25-22(15-21(35-25)13-18(2)3)20-9-6-8-19(14-20)16-30-17-28-23-10-7-11-27-24(23)30/h6-11,14-15,17-18H,4-5,12-13,16H2,1-3H3,(H,29,31). The van der Waals surface area contributed by atoms with E-state index < -0.39 is 16.1 Å². The number of unbranched alkanes of at least 4 members (excludes halogenated alkanes) is 1. The average Bonchev–Trinajstić information content (AvgIpc) is 3.44. The minimum absolute atomic E-state index is 0.109. The Kier molecular flexibility index (Phi) is 8.05. The maximum atomic E-state index is 13.2. The molecule has 1 amide bonds. The van der Waals surface area contributed by atoms with E-state index in [1.54, 1.807) is 12.5 Å². The average molecular weight is 527 g/mol. The van der Waals surface area contributed by atoms with E-state index in [-0.39, 0.29) is 10.8 Å². The number of aromatic nitrogens is 3. The minimum Gasteiger partial charge on any atom is -0.449 e. The van der Waals surface area contributed by atoms with Crippen molar-refractivity contribution in [2.45, 2.75) is 50.8 Å². The van der Waals surface area contributed by atoms with E-state index in [1.807, 2.05) is 54.0 Å². The van der Waals surface area contributed by atoms with Crippen LogP contribution in [0.15, 0.2) is 59.2 Å². The number of carbonyl (C=O) groups excluding carboxylic acids is 1. The lowest BCUT2D eigenvalue weighted by Gasteiger charge is -2.10. The number of ether oxygens (including phenoxy) is 1. The zero-order valence-electron chi connectivity index (χ0n) is 20.6. The first-order chi connectivity index (χ1) is 17.3. The maximum Gasteiger partial charge on any atom is 0.421 e. The van der Waals surface area contributed by atoms with Crippen molar-refractivity contribution in [3.05, 3.63) is 65.4 Å². The molecule has 4 rings (SSSR count). The van der Waals surface area contributed by atoms with Crippen molar-refractivity contribution in [3.63, 3.8) is 0 Å². The number of sulfonamides is 1. The molecule has 0 bridgehead atoms. The summed E-state index contributed by atoms with van der Waals surface area (Å²) < 4.78 is 35.6. The zero-order valence-corrected chi connectivity index (χ0v) is 22.2. The van der Waals surface area contributed by atoms with Gasteiger partial charge in [-0.2, -0.15) is 0 Å². The van der Waals surface area contributed by atoms with Crippen molar-refractivity contribution in [3.8, 4) is 11.1 Å². The molecule has 0 aliphatic rings. The van der Waals surface area contributed by atoms with Crippen molar-refractivity contribution >= 4 is 38.6 Å². The largest absolute Gasteiger partial charge is 0.449 e. The van der Waals surface area contributed by atoms with Crippen molar-refractivity contribution < 1.29 is 17.9 Å². The van der Waals surface area contributed by atoms with Gasteiger partial charge in [0.15, 0.2) is 5.65 Å². The van der Waals surface area contributed by atoms with Crippen molar-refractivity contribution in [2.24, 2.45) is 5.92 Å². The van der Waals surface area contributed by atoms with Gasteiger partial charge in [-0.05, 0) is 54.2 Å². The number of hydrogen-bond acceptors (Lipinski definition) is 7. The third-order valence-electron chi connectivity index (χ3n) is 5.52. The number of fused-ring (bicyclic) bond motifs is 1. The van der Waals surface area contributed by atoms with Gasteiger partial charge in [0.05, 0.1) is 19.5 Å². The fraction of sp³-hybridized carbons (Fsp3) is 0.346. The van der Waals surface area contributed by atoms with Gasteiger partial charge in [0.1, 0.15) is 9.73 Å². The topological polar surface area (TPSA) is 103 Å². The molecule has 0 saturated heterocycles. The summed E-state index contributed by atoms with van der Waals surface area (Å²) in [5, 5.41) is 0. The molecule has 36 heavy (non-hydrogen) atoms. The number of thiophene rings is 1. The Morgan fingerprint density at radius 1 is 1.17 bits per heavy atom. The Morgan fingerprint density at radius 3 is 2.78 bits per heavy atom. The van der Waals surface area contributed by atoms with Crippen LogP contribution in [0.25, 0.3) is 22.3 Å². The van der Waals surface area contributed by atoms with E-state index in [2.05, 4.69) is 28.5 Å². The third-order valence-corrected chi connectivity index (χ3v) is 8.52. The molecule has 0 aliphatic heterocycles. The fourth-order valence-electron chi connectivity index (χ4n) is 3.87. The molecule has 0 fully saturated rings. The highest BCUT2D eigenvalue weighted by Gasteiger charge is 2.26. The van der Waals surface area contributed by atoms with E-state index in [0.717, 1.165) is 40.0 Å². The molecule has 3 aromatic heterocycles. The Hall–Kier alpha value is -3.24. The minimum atomic E-state index is -4.11. The first-order valence-corrected chi connectivity index (χ1v) is 14.2. The van der Waals surface area contributed by atoms with E-state index in [1.165, 1.54) is 11.3 Å². The molecule has 0 aliphatic carbocycles. The number of nitrogens with zero attached hydrogens (tertiary/aromatic N) is 3. The molecule has 0 radical (unpaired) electrons. The first kappa shape index (κ1) is 25.8. The molecular weight excluding hydrogens is 496 g/mol. The highest BCUT2D eigenvalue weighted by atomic mass is 32.2. The molecule has 4 aromatic rings. The number of amides is 1. The number of imidazole rings is 1. The Balaban J connectivity index is 1.66. The lowest BCUT2D eigenvalue weighted by molar-refractivity contribution is 0.151. The summed E-state index contributed by atoms with van der Waals surface area (Å²) in [6.45, 7) is 6.84. The molecular formula is C26H30N4O4S2. The molecule has 1 aromatic carbocycles. The third kappa shape index (κ3) is 6.11. The fourth-order valence-corrected chi connectivity index (χ4v) is 6.71. The van der Waals surface area contributed by atoms with Crippen LogP contribution in [0, 0.1) is 5.92 Å². The first-order valence-electron chi connectivity index (χ1n) is 11.9. The van der Waals surface area contributed by atoms with Gasteiger partial charge in [0.25, 0.3) is 10.0 Å². The van der Waals surface area contributed by atoms with Crippen LogP contribution in [-0.2, 0) is 27.7 Å². The normalized spacial score (nSPS) is 11.8. The van der Waals surface area contributed by atoms with Crippen LogP contribution in [0.2, 0.25) is 0 Å². The summed E-state index contributed by atoms with van der Waals surface area (Å²) in [6, 6.07) is 13.4. The van der Waals surface area contributed by atoms with E-state index in [4.69, 9.17) is 4.74 Å². The van der Waals surface area contributed by atoms with E-state index in [9.17, 15) is 13.2 Å². The molecule has 0 spiro atoms. The lowest BCUT2D eigenvalue weighted by atomic mass is 10.0. The van der Waals surface area contributed by atoms with Gasteiger partial charge in [0.2, 0.25) is 0 Å². The molecule has 190 valence electrons. The molecule has 8 nitrogen and oxygen atoms in total. The maximum absolute atomic E-state index is 13.2. The molecule has 0 saturated carbocycles. The van der Waals surface area contributed by atoms with Crippen molar-refractivity contribution in [1.82, 2.24) is 19.3 Å². The van der Waals surface area contributed by atoms with Crippen LogP contribution in [0.5, 0.6) is 0 Å². The molecule has 0 atom stereocenters. The summed E-state index contributed by atoms with van der Waals surface area (Å²) in [5.41, 5.74) is 3.90. The second kappa shape index (κ2) is 11.2. The quantitative estimate of drug-likeness (QED) is 0.269. The van der Waals surface area contributed by atoms with Crippen molar-refractivity contribution in [2.75, 3.05) is 6.61 Å². The van der Waals surface area contributed by atoms with Crippen LogP contribution in [0.1, 0.15) is 44.1 Å². The summed E-state index contributed by atoms with van der Waals surface area (Å²) in [4.78, 5) is 21.9. The Morgan fingerprint density at radius 2 is 2.00 bits per heavy atom. The highest BCUT2D eigenvalue weighted by molar-refractivity contribution is 7.92. The van der Waals surface area contributed by atoms with Crippen LogP contribution in [0.3, 0.4) is 0 Å². The second-order valence-corrected chi connectivity index (χ2v) is 12.0. The number of rotatable bonds is 10. The van der Waals surface area contributed by atoms with Gasteiger partial charge in [0, 0.05) is 16.6 Å². The molecule has 0 unspecified atom stereocenters. The van der Waals surface area contributed by atoms with Crippen molar-refractivity contribution in [1.29, 1.82) is 0 Å². The number of pyridine rings is 1. The van der Waals surface area contributed by atoms with Crippen LogP contribution in [0.4, 0.5) is 4.79 Å².